The fraction of sp³-hybridized carbons (Fsp3) is 0.385. The Morgan fingerprint density at radius 3 is 2.63 bits per heavy atom. The maximum atomic E-state index is 11.6. The van der Waals surface area contributed by atoms with Gasteiger partial charge in [-0.2, -0.15) is 0 Å². The molecule has 19 heavy (non-hydrogen) atoms. The van der Waals surface area contributed by atoms with Crippen LogP contribution in [-0.4, -0.2) is 30.7 Å². The second-order valence-electron chi connectivity index (χ2n) is 3.76. The van der Waals surface area contributed by atoms with E-state index in [0.717, 1.165) is 0 Å². The summed E-state index contributed by atoms with van der Waals surface area (Å²) in [5.74, 6) is -0.750. The Morgan fingerprint density at radius 2 is 2.11 bits per heavy atom. The van der Waals surface area contributed by atoms with Gasteiger partial charge in [0, 0.05) is 12.5 Å². The van der Waals surface area contributed by atoms with Gasteiger partial charge >= 0.3 is 5.97 Å². The van der Waals surface area contributed by atoms with Crippen LogP contribution in [0.2, 0.25) is 0 Å². The van der Waals surface area contributed by atoms with Gasteiger partial charge in [-0.25, -0.2) is 4.79 Å². The monoisotopic (exact) mass is 267 g/mol. The minimum atomic E-state index is -1.48. The highest BCUT2D eigenvalue weighted by Gasteiger charge is 2.24. The summed E-state index contributed by atoms with van der Waals surface area (Å²) in [4.78, 5) is 22.7. The van der Waals surface area contributed by atoms with Crippen molar-refractivity contribution in [3.8, 4) is 5.75 Å². The van der Waals surface area contributed by atoms with Gasteiger partial charge in [0.15, 0.2) is 6.10 Å². The quantitative estimate of drug-likeness (QED) is 0.784. The lowest BCUT2D eigenvalue weighted by Crippen LogP contribution is -2.18. The molecule has 0 radical (unpaired) electrons. The number of esters is 1. The highest BCUT2D eigenvalue weighted by atomic mass is 16.5. The van der Waals surface area contributed by atoms with Crippen molar-refractivity contribution >= 4 is 17.6 Å². The van der Waals surface area contributed by atoms with Crippen LogP contribution in [0.25, 0.3) is 0 Å². The average molecular weight is 267 g/mol. The van der Waals surface area contributed by atoms with E-state index in [-0.39, 0.29) is 23.8 Å². The highest BCUT2D eigenvalue weighted by molar-refractivity contribution is 5.93. The zero-order valence-corrected chi connectivity index (χ0v) is 11.1. The minimum Gasteiger partial charge on any atom is -0.495 e. The van der Waals surface area contributed by atoms with E-state index < -0.39 is 12.1 Å². The fourth-order valence-electron chi connectivity index (χ4n) is 1.60. The summed E-state index contributed by atoms with van der Waals surface area (Å²) in [5.41, 5.74) is 0.492. The van der Waals surface area contributed by atoms with Crippen LogP contribution in [0.3, 0.4) is 0 Å². The number of hydrogen-bond donors (Lipinski definition) is 2. The van der Waals surface area contributed by atoms with Crippen molar-refractivity contribution in [1.29, 1.82) is 0 Å². The summed E-state index contributed by atoms with van der Waals surface area (Å²) < 4.78 is 9.85. The molecule has 0 aliphatic carbocycles. The molecule has 0 spiro atoms. The molecule has 0 fully saturated rings. The molecule has 1 rings (SSSR count). The summed E-state index contributed by atoms with van der Waals surface area (Å²) in [6, 6.07) is 4.75. The van der Waals surface area contributed by atoms with Crippen molar-refractivity contribution in [2.45, 2.75) is 20.0 Å². The van der Waals surface area contributed by atoms with E-state index in [1.807, 2.05) is 0 Å². The lowest BCUT2D eigenvalue weighted by molar-refractivity contribution is -0.153. The molecule has 1 atom stereocenters. The largest absolute Gasteiger partial charge is 0.495 e. The molecule has 0 bridgehead atoms. The molecule has 0 saturated heterocycles. The number of methoxy groups -OCH3 is 1. The number of para-hydroxylation sites is 1. The molecule has 0 aliphatic heterocycles. The molecule has 0 aromatic heterocycles. The summed E-state index contributed by atoms with van der Waals surface area (Å²) in [7, 11) is 1.43. The molecule has 0 aliphatic rings. The second kappa shape index (κ2) is 6.75. The summed E-state index contributed by atoms with van der Waals surface area (Å²) in [6.45, 7) is 3.13. The van der Waals surface area contributed by atoms with Crippen LogP contribution in [0.15, 0.2) is 18.2 Å². The predicted octanol–water partition coefficient (Wildman–Crippen LogP) is 1.25. The lowest BCUT2D eigenvalue weighted by atomic mass is 10.1. The standard InChI is InChI=1S/C13H17NO5/c1-4-19-13(17)12(16)9-6-5-7-10(18-3)11(9)14-8(2)15/h5-7,12,16H,4H2,1-3H3,(H,14,15). The predicted molar refractivity (Wildman–Crippen MR) is 68.9 cm³/mol. The number of nitrogens with one attached hydrogen (secondary N) is 1. The molecule has 6 heteroatoms. The number of amides is 1. The first-order valence-electron chi connectivity index (χ1n) is 5.80. The molecule has 104 valence electrons. The third-order valence-corrected chi connectivity index (χ3v) is 2.38. The number of ether oxygens (including phenoxy) is 2. The first-order valence-corrected chi connectivity index (χ1v) is 5.80. The Hall–Kier alpha value is -2.08. The summed E-state index contributed by atoms with van der Waals surface area (Å²) in [6.07, 6.45) is -1.48. The molecule has 1 aromatic carbocycles. The third-order valence-electron chi connectivity index (χ3n) is 2.38. The minimum absolute atomic E-state index is 0.162. The van der Waals surface area contributed by atoms with E-state index in [0.29, 0.717) is 5.75 Å². The van der Waals surface area contributed by atoms with Crippen LogP contribution in [0.1, 0.15) is 25.5 Å². The molecule has 1 unspecified atom stereocenters. The van der Waals surface area contributed by atoms with Gasteiger partial charge in [0.25, 0.3) is 0 Å². The molecule has 1 amide bonds. The molecular formula is C13H17NO5. The van der Waals surface area contributed by atoms with Crippen molar-refractivity contribution in [3.05, 3.63) is 23.8 Å². The summed E-state index contributed by atoms with van der Waals surface area (Å²) >= 11 is 0. The topological polar surface area (TPSA) is 84.9 Å². The van der Waals surface area contributed by atoms with Crippen LogP contribution >= 0.6 is 0 Å². The Labute approximate surface area is 111 Å². The normalized spacial score (nSPS) is 11.6. The van der Waals surface area contributed by atoms with E-state index in [4.69, 9.17) is 9.47 Å². The smallest absolute Gasteiger partial charge is 0.339 e. The number of carbonyl (C=O) groups excluding carboxylic acids is 2. The Balaban J connectivity index is 3.18. The van der Waals surface area contributed by atoms with Crippen LogP contribution in [0.4, 0.5) is 5.69 Å². The number of aliphatic hydroxyl groups excluding tert-OH is 1. The maximum Gasteiger partial charge on any atom is 0.339 e. The number of benzene rings is 1. The number of hydrogen-bond acceptors (Lipinski definition) is 5. The SMILES string of the molecule is CCOC(=O)C(O)c1cccc(OC)c1NC(C)=O. The van der Waals surface area contributed by atoms with Crippen LogP contribution in [0.5, 0.6) is 5.75 Å². The van der Waals surface area contributed by atoms with E-state index >= 15 is 0 Å². The van der Waals surface area contributed by atoms with Gasteiger partial charge in [0.1, 0.15) is 5.75 Å². The second-order valence-corrected chi connectivity index (χ2v) is 3.76. The van der Waals surface area contributed by atoms with Gasteiger partial charge in [0.2, 0.25) is 5.91 Å². The van der Waals surface area contributed by atoms with Crippen molar-refractivity contribution in [3.63, 3.8) is 0 Å². The fourth-order valence-corrected chi connectivity index (χ4v) is 1.60. The van der Waals surface area contributed by atoms with Crippen LogP contribution in [-0.2, 0) is 14.3 Å². The number of anilines is 1. The number of aliphatic hydroxyl groups is 1. The highest BCUT2D eigenvalue weighted by Crippen LogP contribution is 2.32. The zero-order valence-electron chi connectivity index (χ0n) is 11.1. The molecule has 0 saturated carbocycles. The maximum absolute atomic E-state index is 11.6. The van der Waals surface area contributed by atoms with E-state index in [1.165, 1.54) is 20.1 Å². The van der Waals surface area contributed by atoms with Crippen LogP contribution < -0.4 is 10.1 Å². The van der Waals surface area contributed by atoms with E-state index in [9.17, 15) is 14.7 Å². The number of carbonyl (C=O) groups is 2. The van der Waals surface area contributed by atoms with Gasteiger partial charge in [-0.15, -0.1) is 0 Å². The van der Waals surface area contributed by atoms with Gasteiger partial charge in [-0.1, -0.05) is 12.1 Å². The molecule has 2 N–H and O–H groups in total. The molecule has 0 heterocycles. The van der Waals surface area contributed by atoms with Gasteiger partial charge in [-0.05, 0) is 13.0 Å². The van der Waals surface area contributed by atoms with Crippen LogP contribution in [0, 0.1) is 0 Å². The lowest BCUT2D eigenvalue weighted by Gasteiger charge is -2.17. The first-order chi connectivity index (χ1) is 9.01. The zero-order chi connectivity index (χ0) is 14.4. The number of rotatable bonds is 5. The van der Waals surface area contributed by atoms with E-state index in [1.54, 1.807) is 19.1 Å². The van der Waals surface area contributed by atoms with E-state index in [2.05, 4.69) is 5.32 Å². The van der Waals surface area contributed by atoms with Gasteiger partial charge in [-0.3, -0.25) is 4.79 Å². The van der Waals surface area contributed by atoms with Crippen molar-refractivity contribution in [2.24, 2.45) is 0 Å². The average Bonchev–Trinajstić information content (AvgIpc) is 2.37. The third kappa shape index (κ3) is 3.69. The summed E-state index contributed by atoms with van der Waals surface area (Å²) in [5, 5.41) is 12.5. The molecular weight excluding hydrogens is 250 g/mol. The van der Waals surface area contributed by atoms with Gasteiger partial charge < -0.3 is 19.9 Å². The molecule has 6 nitrogen and oxygen atoms in total. The Bertz CT molecular complexity index is 472. The Kier molecular flexibility index (Phi) is 5.32. The Morgan fingerprint density at radius 1 is 1.42 bits per heavy atom. The van der Waals surface area contributed by atoms with Crippen molar-refractivity contribution < 1.29 is 24.2 Å². The first kappa shape index (κ1) is 15.0. The van der Waals surface area contributed by atoms with Gasteiger partial charge in [0.05, 0.1) is 19.4 Å². The molecule has 1 aromatic rings. The van der Waals surface area contributed by atoms with Crippen molar-refractivity contribution in [1.82, 2.24) is 0 Å². The van der Waals surface area contributed by atoms with Crippen molar-refractivity contribution in [2.75, 3.05) is 19.0 Å².